The number of rotatable bonds is 3. The van der Waals surface area contributed by atoms with Crippen molar-refractivity contribution in [3.63, 3.8) is 0 Å². The van der Waals surface area contributed by atoms with E-state index >= 15 is 0 Å². The van der Waals surface area contributed by atoms with Crippen LogP contribution in [0.1, 0.15) is 0 Å². The molecule has 0 aliphatic carbocycles. The fourth-order valence-electron chi connectivity index (χ4n) is 1.41. The molecular weight excluding hydrogens is 294 g/mol. The fourth-order valence-corrected chi connectivity index (χ4v) is 2.43. The summed E-state index contributed by atoms with van der Waals surface area (Å²) in [7, 11) is 3.40. The van der Waals surface area contributed by atoms with E-state index in [9.17, 15) is 4.79 Å². The molecule has 1 aromatic carbocycles. The van der Waals surface area contributed by atoms with E-state index in [0.717, 1.165) is 15.6 Å². The van der Waals surface area contributed by atoms with Gasteiger partial charge in [0.25, 0.3) is 0 Å². The number of carbonyl (C=O) groups excluding carboxylic acids is 1. The molecule has 1 aromatic heterocycles. The lowest BCUT2D eigenvalue weighted by molar-refractivity contribution is 0.230. The summed E-state index contributed by atoms with van der Waals surface area (Å²) >= 11 is 7.36. The van der Waals surface area contributed by atoms with Gasteiger partial charge in [-0.05, 0) is 36.4 Å². The van der Waals surface area contributed by atoms with E-state index < -0.39 is 0 Å². The van der Waals surface area contributed by atoms with Crippen molar-refractivity contribution in [3.05, 3.63) is 47.6 Å². The predicted octanol–water partition coefficient (Wildman–Crippen LogP) is 3.98. The molecule has 1 N–H and O–H groups in total. The molecule has 0 bridgehead atoms. The Morgan fingerprint density at radius 3 is 2.50 bits per heavy atom. The molecule has 104 valence electrons. The van der Waals surface area contributed by atoms with Gasteiger partial charge in [-0.1, -0.05) is 29.4 Å². The maximum absolute atomic E-state index is 11.5. The first-order valence-electron chi connectivity index (χ1n) is 5.93. The highest BCUT2D eigenvalue weighted by Crippen LogP contribution is 2.27. The zero-order chi connectivity index (χ0) is 14.5. The van der Waals surface area contributed by atoms with Gasteiger partial charge in [-0.25, -0.2) is 9.78 Å². The maximum Gasteiger partial charge on any atom is 0.321 e. The van der Waals surface area contributed by atoms with E-state index in [0.29, 0.717) is 5.15 Å². The first-order valence-corrected chi connectivity index (χ1v) is 7.13. The summed E-state index contributed by atoms with van der Waals surface area (Å²) in [6, 6.07) is 12.9. The van der Waals surface area contributed by atoms with Crippen LogP contribution in [0.4, 0.5) is 10.5 Å². The van der Waals surface area contributed by atoms with E-state index in [1.54, 1.807) is 20.2 Å². The molecule has 0 saturated heterocycles. The number of pyridine rings is 1. The summed E-state index contributed by atoms with van der Waals surface area (Å²) in [5.74, 6) is 0. The Balaban J connectivity index is 2.03. The van der Waals surface area contributed by atoms with E-state index in [4.69, 9.17) is 11.6 Å². The van der Waals surface area contributed by atoms with Gasteiger partial charge in [0.05, 0.1) is 0 Å². The summed E-state index contributed by atoms with van der Waals surface area (Å²) in [4.78, 5) is 18.2. The lowest BCUT2D eigenvalue weighted by atomic mass is 10.3. The van der Waals surface area contributed by atoms with Crippen LogP contribution in [-0.4, -0.2) is 30.0 Å². The molecule has 0 atom stereocenters. The highest BCUT2D eigenvalue weighted by atomic mass is 35.5. The first-order chi connectivity index (χ1) is 9.54. The molecule has 0 saturated carbocycles. The molecule has 4 nitrogen and oxygen atoms in total. The number of amides is 2. The van der Waals surface area contributed by atoms with E-state index in [-0.39, 0.29) is 6.03 Å². The van der Waals surface area contributed by atoms with Gasteiger partial charge in [0.1, 0.15) is 10.2 Å². The molecule has 0 aliphatic rings. The minimum absolute atomic E-state index is 0.151. The lowest BCUT2D eigenvalue weighted by Gasteiger charge is -2.12. The van der Waals surface area contributed by atoms with Crippen molar-refractivity contribution in [3.8, 4) is 0 Å². The number of nitrogens with one attached hydrogen (secondary N) is 1. The zero-order valence-electron chi connectivity index (χ0n) is 11.1. The number of carbonyl (C=O) groups is 1. The molecule has 0 spiro atoms. The number of halogens is 1. The summed E-state index contributed by atoms with van der Waals surface area (Å²) in [5, 5.41) is 4.09. The Hall–Kier alpha value is -1.72. The van der Waals surface area contributed by atoms with E-state index in [1.165, 1.54) is 16.7 Å². The van der Waals surface area contributed by atoms with Crippen LogP contribution in [0.3, 0.4) is 0 Å². The zero-order valence-corrected chi connectivity index (χ0v) is 12.7. The fraction of sp³-hybridized carbons (Fsp3) is 0.143. The number of nitrogens with zero attached hydrogens (tertiary/aromatic N) is 2. The van der Waals surface area contributed by atoms with E-state index in [1.807, 2.05) is 36.4 Å². The summed E-state index contributed by atoms with van der Waals surface area (Å²) in [6.07, 6.45) is 0. The highest BCUT2D eigenvalue weighted by Gasteiger charge is 2.04. The molecule has 0 aliphatic heterocycles. The summed E-state index contributed by atoms with van der Waals surface area (Å²) < 4.78 is 0. The molecule has 1 heterocycles. The molecule has 2 amide bonds. The summed E-state index contributed by atoms with van der Waals surface area (Å²) in [6.45, 7) is 0. The van der Waals surface area contributed by atoms with Crippen molar-refractivity contribution in [2.45, 2.75) is 9.92 Å². The standard InChI is InChI=1S/C14H14ClN3OS/c1-18(2)14(19)16-10-6-8-11(9-7-10)20-13-5-3-4-12(15)17-13/h3-9H,1-2H3,(H,16,19). The van der Waals surface area contributed by atoms with Crippen molar-refractivity contribution in [2.75, 3.05) is 19.4 Å². The highest BCUT2D eigenvalue weighted by molar-refractivity contribution is 7.99. The van der Waals surface area contributed by atoms with Crippen LogP contribution in [0.2, 0.25) is 5.15 Å². The van der Waals surface area contributed by atoms with E-state index in [2.05, 4.69) is 10.3 Å². The molecule has 0 unspecified atom stereocenters. The van der Waals surface area contributed by atoms with Gasteiger partial charge in [0.15, 0.2) is 0 Å². The molecule has 6 heteroatoms. The van der Waals surface area contributed by atoms with Crippen LogP contribution in [0, 0.1) is 0 Å². The average Bonchev–Trinajstić information content (AvgIpc) is 2.41. The number of urea groups is 1. The third-order valence-electron chi connectivity index (χ3n) is 2.42. The maximum atomic E-state index is 11.5. The Morgan fingerprint density at radius 1 is 1.20 bits per heavy atom. The van der Waals surface area contributed by atoms with Crippen LogP contribution in [0.15, 0.2) is 52.4 Å². The molecule has 0 radical (unpaired) electrons. The quantitative estimate of drug-likeness (QED) is 0.872. The van der Waals surface area contributed by atoms with Crippen LogP contribution >= 0.6 is 23.4 Å². The number of hydrogen-bond acceptors (Lipinski definition) is 3. The van der Waals surface area contributed by atoms with Gasteiger partial charge in [-0.2, -0.15) is 0 Å². The minimum Gasteiger partial charge on any atom is -0.331 e. The summed E-state index contributed by atoms with van der Waals surface area (Å²) in [5.41, 5.74) is 0.757. The van der Waals surface area contributed by atoms with Crippen LogP contribution in [0.5, 0.6) is 0 Å². The second-order valence-corrected chi connectivity index (χ2v) is 5.73. The first kappa shape index (κ1) is 14.7. The van der Waals surface area contributed by atoms with Gasteiger partial charge in [-0.15, -0.1) is 0 Å². The second-order valence-electron chi connectivity index (χ2n) is 4.25. The van der Waals surface area contributed by atoms with Crippen molar-refractivity contribution >= 4 is 35.1 Å². The number of benzene rings is 1. The van der Waals surface area contributed by atoms with Crippen molar-refractivity contribution in [1.82, 2.24) is 9.88 Å². The van der Waals surface area contributed by atoms with Crippen molar-refractivity contribution < 1.29 is 4.79 Å². The van der Waals surface area contributed by atoms with Crippen molar-refractivity contribution in [2.24, 2.45) is 0 Å². The van der Waals surface area contributed by atoms with Crippen LogP contribution in [-0.2, 0) is 0 Å². The normalized spacial score (nSPS) is 10.2. The smallest absolute Gasteiger partial charge is 0.321 e. The lowest BCUT2D eigenvalue weighted by Crippen LogP contribution is -2.27. The van der Waals surface area contributed by atoms with Gasteiger partial charge >= 0.3 is 6.03 Å². The predicted molar refractivity (Wildman–Crippen MR) is 82.5 cm³/mol. The Morgan fingerprint density at radius 2 is 1.90 bits per heavy atom. The monoisotopic (exact) mass is 307 g/mol. The topological polar surface area (TPSA) is 45.2 Å². The Kier molecular flexibility index (Phi) is 4.87. The van der Waals surface area contributed by atoms with Gasteiger partial charge in [0.2, 0.25) is 0 Å². The van der Waals surface area contributed by atoms with Crippen molar-refractivity contribution in [1.29, 1.82) is 0 Å². The molecule has 20 heavy (non-hydrogen) atoms. The molecule has 2 aromatic rings. The second kappa shape index (κ2) is 6.63. The Labute approximate surface area is 127 Å². The number of anilines is 1. The average molecular weight is 308 g/mol. The van der Waals surface area contributed by atoms with Crippen LogP contribution < -0.4 is 5.32 Å². The van der Waals surface area contributed by atoms with Gasteiger partial charge in [-0.3, -0.25) is 0 Å². The molecular formula is C14H14ClN3OS. The third-order valence-corrected chi connectivity index (χ3v) is 3.58. The minimum atomic E-state index is -0.151. The van der Waals surface area contributed by atoms with Gasteiger partial charge < -0.3 is 10.2 Å². The number of aromatic nitrogens is 1. The third kappa shape index (κ3) is 4.15. The SMILES string of the molecule is CN(C)C(=O)Nc1ccc(Sc2cccc(Cl)n2)cc1. The van der Waals surface area contributed by atoms with Crippen LogP contribution in [0.25, 0.3) is 0 Å². The number of hydrogen-bond donors (Lipinski definition) is 1. The molecule has 0 fully saturated rings. The van der Waals surface area contributed by atoms with Gasteiger partial charge in [0, 0.05) is 24.7 Å². The largest absolute Gasteiger partial charge is 0.331 e. The molecule has 2 rings (SSSR count). The Bertz CT molecular complexity index is 602.